The molecule has 0 spiro atoms. The molecule has 2 N–H and O–H groups in total. The van der Waals surface area contributed by atoms with Gasteiger partial charge in [-0.3, -0.25) is 9.59 Å². The van der Waals surface area contributed by atoms with E-state index >= 15 is 0 Å². The number of carbonyl (C=O) groups is 2. The molecule has 1 aliphatic rings. The fourth-order valence-electron chi connectivity index (χ4n) is 2.92. The van der Waals surface area contributed by atoms with Crippen molar-refractivity contribution < 1.29 is 14.3 Å². The Morgan fingerprint density at radius 1 is 1.20 bits per heavy atom. The first kappa shape index (κ1) is 19.4. The molecule has 6 nitrogen and oxygen atoms in total. The Morgan fingerprint density at radius 3 is 2.44 bits per heavy atom. The molecule has 2 amide bonds. The summed E-state index contributed by atoms with van der Waals surface area (Å²) in [6.45, 7) is 7.71. The van der Waals surface area contributed by atoms with E-state index in [4.69, 9.17) is 4.74 Å². The van der Waals surface area contributed by atoms with E-state index in [1.54, 1.807) is 24.3 Å². The van der Waals surface area contributed by atoms with E-state index in [2.05, 4.69) is 24.5 Å². The molecule has 0 radical (unpaired) electrons. The van der Waals surface area contributed by atoms with Gasteiger partial charge in [-0.15, -0.1) is 0 Å². The zero-order valence-corrected chi connectivity index (χ0v) is 15.2. The minimum Gasteiger partial charge on any atom is -0.378 e. The first-order valence-corrected chi connectivity index (χ1v) is 9.14. The standard InChI is InChI=1S/C19H29N3O3/c1-3-10-22(11-4-2)19(24)15-5-7-16(8-6-15)21-18(23)13-17-14-25-12-9-20-17/h5-8,17,20H,3-4,9-14H2,1-2H3,(H,21,23). The quantitative estimate of drug-likeness (QED) is 0.757. The lowest BCUT2D eigenvalue weighted by atomic mass is 10.1. The van der Waals surface area contributed by atoms with Crippen molar-refractivity contribution in [3.05, 3.63) is 29.8 Å². The van der Waals surface area contributed by atoms with E-state index in [-0.39, 0.29) is 17.9 Å². The molecule has 0 bridgehead atoms. The summed E-state index contributed by atoms with van der Waals surface area (Å²) < 4.78 is 5.35. The molecule has 1 aromatic carbocycles. The van der Waals surface area contributed by atoms with E-state index in [0.717, 1.165) is 32.5 Å². The van der Waals surface area contributed by atoms with Crippen molar-refractivity contribution >= 4 is 17.5 Å². The summed E-state index contributed by atoms with van der Waals surface area (Å²) >= 11 is 0. The number of hydrogen-bond acceptors (Lipinski definition) is 4. The highest BCUT2D eigenvalue weighted by Gasteiger charge is 2.17. The highest BCUT2D eigenvalue weighted by molar-refractivity contribution is 5.96. The number of nitrogens with zero attached hydrogens (tertiary/aromatic N) is 1. The van der Waals surface area contributed by atoms with E-state index in [1.165, 1.54) is 0 Å². The lowest BCUT2D eigenvalue weighted by Crippen LogP contribution is -2.43. The van der Waals surface area contributed by atoms with Crippen molar-refractivity contribution in [2.75, 3.05) is 38.2 Å². The second kappa shape index (κ2) is 10.2. The van der Waals surface area contributed by atoms with Crippen LogP contribution in [0.25, 0.3) is 0 Å². The fraction of sp³-hybridized carbons (Fsp3) is 0.579. The van der Waals surface area contributed by atoms with Gasteiger partial charge in [0.1, 0.15) is 0 Å². The summed E-state index contributed by atoms with van der Waals surface area (Å²) in [5.74, 6) is -0.00852. The second-order valence-electron chi connectivity index (χ2n) is 6.35. The zero-order valence-electron chi connectivity index (χ0n) is 15.2. The molecule has 0 aliphatic carbocycles. The van der Waals surface area contributed by atoms with Gasteiger partial charge in [0.2, 0.25) is 5.91 Å². The molecular formula is C19H29N3O3. The summed E-state index contributed by atoms with van der Waals surface area (Å²) in [6, 6.07) is 7.18. The molecule has 0 aromatic heterocycles. The van der Waals surface area contributed by atoms with E-state index < -0.39 is 0 Å². The molecule has 138 valence electrons. The van der Waals surface area contributed by atoms with Gasteiger partial charge in [0.15, 0.2) is 0 Å². The van der Waals surface area contributed by atoms with Gasteiger partial charge in [0.05, 0.1) is 13.2 Å². The van der Waals surface area contributed by atoms with Crippen LogP contribution in [0.2, 0.25) is 0 Å². The van der Waals surface area contributed by atoms with E-state index in [1.807, 2.05) is 4.90 Å². The molecule has 0 saturated carbocycles. The first-order valence-electron chi connectivity index (χ1n) is 9.14. The summed E-state index contributed by atoms with van der Waals surface area (Å²) in [7, 11) is 0. The van der Waals surface area contributed by atoms with Crippen molar-refractivity contribution in [2.24, 2.45) is 0 Å². The Morgan fingerprint density at radius 2 is 1.88 bits per heavy atom. The molecule has 1 saturated heterocycles. The maximum absolute atomic E-state index is 12.5. The van der Waals surface area contributed by atoms with Crippen LogP contribution in [-0.4, -0.2) is 55.6 Å². The number of ether oxygens (including phenoxy) is 1. The summed E-state index contributed by atoms with van der Waals surface area (Å²) in [4.78, 5) is 26.5. The highest BCUT2D eigenvalue weighted by Crippen LogP contribution is 2.13. The largest absolute Gasteiger partial charge is 0.378 e. The van der Waals surface area contributed by atoms with Crippen LogP contribution in [0, 0.1) is 0 Å². The maximum Gasteiger partial charge on any atom is 0.253 e. The molecule has 25 heavy (non-hydrogen) atoms. The van der Waals surface area contributed by atoms with Crippen LogP contribution < -0.4 is 10.6 Å². The smallest absolute Gasteiger partial charge is 0.253 e. The van der Waals surface area contributed by atoms with Crippen molar-refractivity contribution in [1.82, 2.24) is 10.2 Å². The number of amides is 2. The van der Waals surface area contributed by atoms with Crippen LogP contribution in [0.4, 0.5) is 5.69 Å². The number of benzene rings is 1. The van der Waals surface area contributed by atoms with Crippen molar-refractivity contribution in [1.29, 1.82) is 0 Å². The first-order chi connectivity index (χ1) is 12.1. The van der Waals surface area contributed by atoms with Crippen LogP contribution in [0.15, 0.2) is 24.3 Å². The number of rotatable bonds is 8. The number of carbonyl (C=O) groups excluding carboxylic acids is 2. The zero-order chi connectivity index (χ0) is 18.1. The Hall–Kier alpha value is -1.92. The molecule has 1 unspecified atom stereocenters. The monoisotopic (exact) mass is 347 g/mol. The normalized spacial score (nSPS) is 17.1. The van der Waals surface area contributed by atoms with Crippen LogP contribution in [0.5, 0.6) is 0 Å². The Balaban J connectivity index is 1.89. The van der Waals surface area contributed by atoms with Crippen molar-refractivity contribution in [3.8, 4) is 0 Å². The van der Waals surface area contributed by atoms with E-state index in [0.29, 0.717) is 30.9 Å². The highest BCUT2D eigenvalue weighted by atomic mass is 16.5. The molecule has 1 aromatic rings. The van der Waals surface area contributed by atoms with Gasteiger partial charge in [-0.1, -0.05) is 13.8 Å². The number of morpholine rings is 1. The van der Waals surface area contributed by atoms with Crippen molar-refractivity contribution in [2.45, 2.75) is 39.2 Å². The average molecular weight is 347 g/mol. The molecule has 1 aliphatic heterocycles. The molecule has 1 fully saturated rings. The van der Waals surface area contributed by atoms with Crippen LogP contribution in [0.1, 0.15) is 43.5 Å². The lowest BCUT2D eigenvalue weighted by Gasteiger charge is -2.23. The predicted octanol–water partition coefficient (Wildman–Crippen LogP) is 2.27. The van der Waals surface area contributed by atoms with Crippen LogP contribution in [-0.2, 0) is 9.53 Å². The number of anilines is 1. The minimum absolute atomic E-state index is 0.0464. The van der Waals surface area contributed by atoms with Gasteiger partial charge in [-0.05, 0) is 37.1 Å². The molecule has 2 rings (SSSR count). The Kier molecular flexibility index (Phi) is 7.88. The van der Waals surface area contributed by atoms with Gasteiger partial charge in [-0.2, -0.15) is 0 Å². The van der Waals surface area contributed by atoms with Gasteiger partial charge >= 0.3 is 0 Å². The number of hydrogen-bond donors (Lipinski definition) is 2. The summed E-state index contributed by atoms with van der Waals surface area (Å²) in [5, 5.41) is 6.14. The molecule has 1 atom stereocenters. The number of nitrogens with one attached hydrogen (secondary N) is 2. The predicted molar refractivity (Wildman–Crippen MR) is 98.8 cm³/mol. The molecule has 1 heterocycles. The van der Waals surface area contributed by atoms with Gasteiger partial charge in [0.25, 0.3) is 5.91 Å². The lowest BCUT2D eigenvalue weighted by molar-refractivity contribution is -0.117. The molecule has 6 heteroatoms. The summed E-state index contributed by atoms with van der Waals surface area (Å²) in [5.41, 5.74) is 1.36. The second-order valence-corrected chi connectivity index (χ2v) is 6.35. The average Bonchev–Trinajstić information content (AvgIpc) is 2.62. The maximum atomic E-state index is 12.5. The summed E-state index contributed by atoms with van der Waals surface area (Å²) in [6.07, 6.45) is 2.26. The Bertz CT molecular complexity index is 548. The minimum atomic E-state index is -0.0549. The van der Waals surface area contributed by atoms with Crippen LogP contribution >= 0.6 is 0 Å². The SMILES string of the molecule is CCCN(CCC)C(=O)c1ccc(NC(=O)CC2COCCN2)cc1. The van der Waals surface area contributed by atoms with Crippen LogP contribution in [0.3, 0.4) is 0 Å². The Labute approximate surface area is 149 Å². The molecular weight excluding hydrogens is 318 g/mol. The van der Waals surface area contributed by atoms with E-state index in [9.17, 15) is 9.59 Å². The third-order valence-corrected chi connectivity index (χ3v) is 4.12. The third kappa shape index (κ3) is 6.14. The van der Waals surface area contributed by atoms with Gasteiger partial charge in [0, 0.05) is 43.3 Å². The van der Waals surface area contributed by atoms with Gasteiger partial charge in [-0.25, -0.2) is 0 Å². The fourth-order valence-corrected chi connectivity index (χ4v) is 2.92. The van der Waals surface area contributed by atoms with Crippen molar-refractivity contribution in [3.63, 3.8) is 0 Å². The topological polar surface area (TPSA) is 70.7 Å². The third-order valence-electron chi connectivity index (χ3n) is 4.12. The van der Waals surface area contributed by atoms with Gasteiger partial charge < -0.3 is 20.3 Å².